The predicted octanol–water partition coefficient (Wildman–Crippen LogP) is 5.69. The van der Waals surface area contributed by atoms with Crippen molar-refractivity contribution in [2.75, 3.05) is 13.1 Å². The zero-order valence-electron chi connectivity index (χ0n) is 26.2. The normalized spacial score (nSPS) is 28.3. The number of unbranched alkanes of at least 4 members (excludes halogenated alkanes) is 1. The first kappa shape index (κ1) is 32.6. The topological polar surface area (TPSA) is 132 Å². The van der Waals surface area contributed by atoms with Crippen molar-refractivity contribution in [3.63, 3.8) is 0 Å². The van der Waals surface area contributed by atoms with Gasteiger partial charge in [0, 0.05) is 77.3 Å². The molecule has 4 saturated carbocycles. The molecule has 4 aliphatic carbocycles. The Labute approximate surface area is 260 Å². The van der Waals surface area contributed by atoms with E-state index in [4.69, 9.17) is 39.1 Å². The second-order valence-electron chi connectivity index (χ2n) is 14.1. The Kier molecular flexibility index (Phi) is 10.8. The molecule has 2 saturated heterocycles. The molecule has 250 valence electrons. The van der Waals surface area contributed by atoms with Gasteiger partial charge in [-0.15, -0.1) is 0 Å². The van der Waals surface area contributed by atoms with Crippen LogP contribution >= 0.6 is 0 Å². The van der Waals surface area contributed by atoms with Gasteiger partial charge in [-0.25, -0.2) is 0 Å². The first-order valence-electron chi connectivity index (χ1n) is 17.4. The van der Waals surface area contributed by atoms with Crippen LogP contribution in [0.25, 0.3) is 0 Å². The number of hydrogen-bond acceptors (Lipinski definition) is 10. The van der Waals surface area contributed by atoms with E-state index in [2.05, 4.69) is 10.6 Å². The summed E-state index contributed by atoms with van der Waals surface area (Å²) in [7, 11) is 0. The van der Waals surface area contributed by atoms with Crippen LogP contribution in [0.3, 0.4) is 0 Å². The highest BCUT2D eigenvalue weighted by atomic mass is 17.4. The maximum Gasteiger partial charge on any atom is 0.234 e. The summed E-state index contributed by atoms with van der Waals surface area (Å²) >= 11 is 0. The highest BCUT2D eigenvalue weighted by molar-refractivity contribution is 5.76. The van der Waals surface area contributed by atoms with E-state index in [1.165, 1.54) is 12.8 Å². The van der Waals surface area contributed by atoms with Gasteiger partial charge in [-0.2, -0.15) is 39.1 Å². The molecule has 2 N–H and O–H groups in total. The average Bonchev–Trinajstić information content (AvgIpc) is 3.05. The van der Waals surface area contributed by atoms with Crippen LogP contribution in [0.2, 0.25) is 0 Å². The maximum absolute atomic E-state index is 12.5. The summed E-state index contributed by atoms with van der Waals surface area (Å²) < 4.78 is 0. The Hall–Kier alpha value is -1.38. The summed E-state index contributed by atoms with van der Waals surface area (Å²) in [5, 5.41) is 6.07. The summed E-state index contributed by atoms with van der Waals surface area (Å²) in [4.78, 5) is 70.9. The lowest BCUT2D eigenvalue weighted by molar-refractivity contribution is -0.663. The van der Waals surface area contributed by atoms with Crippen molar-refractivity contribution in [3.05, 3.63) is 0 Å². The van der Waals surface area contributed by atoms with Crippen LogP contribution in [0.5, 0.6) is 0 Å². The van der Waals surface area contributed by atoms with Gasteiger partial charge >= 0.3 is 0 Å². The average molecular weight is 625 g/mol. The predicted molar refractivity (Wildman–Crippen MR) is 154 cm³/mol. The summed E-state index contributed by atoms with van der Waals surface area (Å²) in [6.07, 6.45) is 18.2. The monoisotopic (exact) mass is 624 g/mol. The lowest BCUT2D eigenvalue weighted by Gasteiger charge is -2.46. The van der Waals surface area contributed by atoms with Crippen LogP contribution in [0.15, 0.2) is 0 Å². The Balaban J connectivity index is 0.772. The Morgan fingerprint density at radius 1 is 0.455 bits per heavy atom. The fourth-order valence-electron chi connectivity index (χ4n) is 7.53. The molecule has 2 amide bonds. The van der Waals surface area contributed by atoms with Crippen molar-refractivity contribution in [1.82, 2.24) is 10.6 Å². The molecule has 12 heteroatoms. The maximum atomic E-state index is 12.5. The molecule has 0 aromatic rings. The van der Waals surface area contributed by atoms with Crippen molar-refractivity contribution in [1.29, 1.82) is 0 Å². The van der Waals surface area contributed by atoms with Crippen molar-refractivity contribution in [2.45, 2.75) is 164 Å². The SMILES string of the molecule is O=C(CC1CCC2(CC1)OOC1(CCCCC1)OO2)NCCCCNC(=O)CC1CCC2(CC1)OOC1(CCCCC1)OO2. The van der Waals surface area contributed by atoms with Gasteiger partial charge < -0.3 is 10.6 Å². The zero-order chi connectivity index (χ0) is 30.4. The van der Waals surface area contributed by atoms with Gasteiger partial charge in [0.1, 0.15) is 0 Å². The molecule has 0 aromatic heterocycles. The van der Waals surface area contributed by atoms with E-state index in [-0.39, 0.29) is 23.7 Å². The molecule has 0 radical (unpaired) electrons. The quantitative estimate of drug-likeness (QED) is 0.243. The van der Waals surface area contributed by atoms with Crippen molar-refractivity contribution < 1.29 is 48.7 Å². The van der Waals surface area contributed by atoms with E-state index in [0.717, 1.165) is 89.9 Å². The number of amides is 2. The zero-order valence-corrected chi connectivity index (χ0v) is 26.2. The van der Waals surface area contributed by atoms with Gasteiger partial charge in [-0.05, 0) is 76.0 Å². The molecular weight excluding hydrogens is 572 g/mol. The van der Waals surface area contributed by atoms with Gasteiger partial charge in [0.2, 0.25) is 35.0 Å². The molecule has 6 aliphatic rings. The summed E-state index contributed by atoms with van der Waals surface area (Å²) in [5.74, 6) is -2.46. The highest BCUT2D eigenvalue weighted by Crippen LogP contribution is 2.47. The summed E-state index contributed by atoms with van der Waals surface area (Å²) in [6, 6.07) is 0. The fraction of sp³-hybridized carbons (Fsp3) is 0.938. The fourth-order valence-corrected chi connectivity index (χ4v) is 7.53. The highest BCUT2D eigenvalue weighted by Gasteiger charge is 2.52. The van der Waals surface area contributed by atoms with E-state index in [9.17, 15) is 9.59 Å². The smallest absolute Gasteiger partial charge is 0.234 e. The molecule has 2 aliphatic heterocycles. The molecule has 0 atom stereocenters. The van der Waals surface area contributed by atoms with Gasteiger partial charge in [0.05, 0.1) is 0 Å². The second kappa shape index (κ2) is 14.6. The van der Waals surface area contributed by atoms with E-state index in [0.29, 0.717) is 51.6 Å². The minimum Gasteiger partial charge on any atom is -0.356 e. The second-order valence-corrected chi connectivity index (χ2v) is 14.1. The number of rotatable bonds is 9. The number of nitrogens with one attached hydrogen (secondary N) is 2. The van der Waals surface area contributed by atoms with Crippen LogP contribution < -0.4 is 10.6 Å². The number of carbonyl (C=O) groups is 2. The van der Waals surface area contributed by atoms with Crippen LogP contribution in [-0.2, 0) is 48.7 Å². The largest absolute Gasteiger partial charge is 0.356 e. The van der Waals surface area contributed by atoms with E-state index < -0.39 is 23.1 Å². The van der Waals surface area contributed by atoms with Crippen molar-refractivity contribution in [3.8, 4) is 0 Å². The van der Waals surface area contributed by atoms with E-state index >= 15 is 0 Å². The van der Waals surface area contributed by atoms with Crippen LogP contribution in [-0.4, -0.2) is 48.1 Å². The van der Waals surface area contributed by atoms with Crippen LogP contribution in [0.1, 0.15) is 141 Å². The van der Waals surface area contributed by atoms with Gasteiger partial charge in [-0.1, -0.05) is 12.8 Å². The van der Waals surface area contributed by atoms with E-state index in [1.807, 2.05) is 0 Å². The Bertz CT molecular complexity index is 851. The Morgan fingerprint density at radius 3 is 1.07 bits per heavy atom. The molecule has 6 fully saturated rings. The van der Waals surface area contributed by atoms with Gasteiger partial charge in [0.25, 0.3) is 0 Å². The minimum absolute atomic E-state index is 0.0693. The standard InChI is InChI=1S/C32H52N2O10/c35-27(23-25-9-17-31(18-10-25)41-37-29(38-42-31)13-3-1-4-14-29)33-21-7-8-22-34-28(36)24-26-11-19-32(20-12-26)43-39-30(40-44-32)15-5-2-6-16-30/h25-26H,1-24H2,(H,33,35)(H,34,36). The van der Waals surface area contributed by atoms with Gasteiger partial charge in [0.15, 0.2) is 0 Å². The van der Waals surface area contributed by atoms with Crippen molar-refractivity contribution in [2.24, 2.45) is 11.8 Å². The molecule has 4 spiro atoms. The summed E-state index contributed by atoms with van der Waals surface area (Å²) in [5.41, 5.74) is 0. The first-order chi connectivity index (χ1) is 21.4. The molecule has 0 unspecified atom stereocenters. The third-order valence-corrected chi connectivity index (χ3v) is 10.5. The van der Waals surface area contributed by atoms with Crippen LogP contribution in [0, 0.1) is 11.8 Å². The third kappa shape index (κ3) is 8.31. The molecule has 6 rings (SSSR count). The minimum atomic E-state index is -0.848. The van der Waals surface area contributed by atoms with Crippen LogP contribution in [0.4, 0.5) is 0 Å². The summed E-state index contributed by atoms with van der Waals surface area (Å²) in [6.45, 7) is 1.22. The lowest BCUT2D eigenvalue weighted by Crippen LogP contribution is -2.52. The first-order valence-corrected chi connectivity index (χ1v) is 17.4. The molecule has 44 heavy (non-hydrogen) atoms. The number of carbonyl (C=O) groups excluding carboxylic acids is 2. The third-order valence-electron chi connectivity index (χ3n) is 10.5. The molecule has 2 heterocycles. The Morgan fingerprint density at radius 2 is 0.750 bits per heavy atom. The molecule has 0 bridgehead atoms. The molecular formula is C32H52N2O10. The lowest BCUT2D eigenvalue weighted by atomic mass is 9.83. The van der Waals surface area contributed by atoms with Crippen molar-refractivity contribution >= 4 is 11.8 Å². The van der Waals surface area contributed by atoms with E-state index in [1.54, 1.807) is 0 Å². The molecule has 0 aromatic carbocycles. The molecule has 12 nitrogen and oxygen atoms in total. The number of hydrogen-bond donors (Lipinski definition) is 2. The van der Waals surface area contributed by atoms with Gasteiger partial charge in [-0.3, -0.25) is 9.59 Å².